The lowest BCUT2D eigenvalue weighted by atomic mass is 9.96. The SMILES string of the molecule is CC1(C)CN(C(=O)CNC(=O)C(C)(C)C)CC(CO)O1. The van der Waals surface area contributed by atoms with Crippen molar-refractivity contribution in [3.63, 3.8) is 0 Å². The predicted octanol–water partition coefficient (Wildman–Crippen LogP) is 0.147. The maximum Gasteiger partial charge on any atom is 0.242 e. The molecular formula is C14H26N2O4. The van der Waals surface area contributed by atoms with Crippen molar-refractivity contribution in [2.24, 2.45) is 5.41 Å². The Labute approximate surface area is 120 Å². The fourth-order valence-corrected chi connectivity index (χ4v) is 2.11. The molecule has 116 valence electrons. The number of nitrogens with one attached hydrogen (secondary N) is 1. The van der Waals surface area contributed by atoms with Crippen molar-refractivity contribution in [2.75, 3.05) is 26.2 Å². The summed E-state index contributed by atoms with van der Waals surface area (Å²) in [7, 11) is 0. The van der Waals surface area contributed by atoms with E-state index in [0.717, 1.165) is 0 Å². The van der Waals surface area contributed by atoms with Gasteiger partial charge in [0.2, 0.25) is 11.8 Å². The lowest BCUT2D eigenvalue weighted by Gasteiger charge is -2.42. The number of hydrogen-bond acceptors (Lipinski definition) is 4. The van der Waals surface area contributed by atoms with Crippen molar-refractivity contribution in [1.29, 1.82) is 0 Å². The normalized spacial score (nSPS) is 22.5. The predicted molar refractivity (Wildman–Crippen MR) is 75.1 cm³/mol. The van der Waals surface area contributed by atoms with Crippen molar-refractivity contribution in [3.05, 3.63) is 0 Å². The minimum absolute atomic E-state index is 0.0235. The molecule has 2 amide bonds. The van der Waals surface area contributed by atoms with Gasteiger partial charge >= 0.3 is 0 Å². The number of rotatable bonds is 3. The molecule has 0 saturated carbocycles. The van der Waals surface area contributed by atoms with Gasteiger partial charge in [-0.2, -0.15) is 0 Å². The maximum atomic E-state index is 12.2. The summed E-state index contributed by atoms with van der Waals surface area (Å²) in [4.78, 5) is 25.5. The topological polar surface area (TPSA) is 78.9 Å². The first-order valence-corrected chi connectivity index (χ1v) is 6.90. The van der Waals surface area contributed by atoms with Gasteiger partial charge < -0.3 is 20.1 Å². The van der Waals surface area contributed by atoms with Crippen LogP contribution in [0.1, 0.15) is 34.6 Å². The molecule has 0 aromatic rings. The number of nitrogens with zero attached hydrogens (tertiary/aromatic N) is 1. The molecule has 0 aliphatic carbocycles. The molecule has 0 aromatic heterocycles. The molecule has 1 fully saturated rings. The number of morpholine rings is 1. The molecule has 1 heterocycles. The average Bonchev–Trinajstić information content (AvgIpc) is 2.32. The standard InChI is InChI=1S/C14H26N2O4/c1-13(2,3)12(19)15-6-11(18)16-7-10(8-17)20-14(4,5)9-16/h10,17H,6-9H2,1-5H3,(H,15,19). The zero-order valence-corrected chi connectivity index (χ0v) is 13.0. The summed E-state index contributed by atoms with van der Waals surface area (Å²) >= 11 is 0. The van der Waals surface area contributed by atoms with E-state index in [0.29, 0.717) is 13.1 Å². The maximum absolute atomic E-state index is 12.2. The van der Waals surface area contributed by atoms with E-state index in [9.17, 15) is 14.7 Å². The highest BCUT2D eigenvalue weighted by Crippen LogP contribution is 2.20. The van der Waals surface area contributed by atoms with E-state index in [1.54, 1.807) is 25.7 Å². The molecule has 0 spiro atoms. The molecule has 1 rings (SSSR count). The van der Waals surface area contributed by atoms with Gasteiger partial charge in [0.25, 0.3) is 0 Å². The molecule has 6 heteroatoms. The first-order chi connectivity index (χ1) is 9.05. The first-order valence-electron chi connectivity index (χ1n) is 6.90. The monoisotopic (exact) mass is 286 g/mol. The van der Waals surface area contributed by atoms with Gasteiger partial charge in [-0.15, -0.1) is 0 Å². The van der Waals surface area contributed by atoms with Crippen molar-refractivity contribution in [3.8, 4) is 0 Å². The molecule has 0 bridgehead atoms. The Hall–Kier alpha value is -1.14. The van der Waals surface area contributed by atoms with E-state index >= 15 is 0 Å². The van der Waals surface area contributed by atoms with Crippen LogP contribution in [-0.2, 0) is 14.3 Å². The summed E-state index contributed by atoms with van der Waals surface area (Å²) in [6.45, 7) is 9.81. The lowest BCUT2D eigenvalue weighted by Crippen LogP contribution is -2.57. The number of ether oxygens (including phenoxy) is 1. The van der Waals surface area contributed by atoms with Gasteiger partial charge in [-0.1, -0.05) is 20.8 Å². The summed E-state index contributed by atoms with van der Waals surface area (Å²) < 4.78 is 5.65. The minimum Gasteiger partial charge on any atom is -0.394 e. The van der Waals surface area contributed by atoms with Crippen LogP contribution in [0, 0.1) is 5.41 Å². The second-order valence-corrected chi connectivity index (χ2v) is 6.89. The number of carbonyl (C=O) groups excluding carboxylic acids is 2. The largest absolute Gasteiger partial charge is 0.394 e. The van der Waals surface area contributed by atoms with Crippen LogP contribution in [0.5, 0.6) is 0 Å². The number of hydrogen-bond donors (Lipinski definition) is 2. The van der Waals surface area contributed by atoms with Crippen LogP contribution >= 0.6 is 0 Å². The zero-order valence-electron chi connectivity index (χ0n) is 13.0. The average molecular weight is 286 g/mol. The van der Waals surface area contributed by atoms with Gasteiger partial charge in [-0.3, -0.25) is 9.59 Å². The van der Waals surface area contributed by atoms with Gasteiger partial charge in [0.1, 0.15) is 0 Å². The van der Waals surface area contributed by atoms with E-state index in [-0.39, 0.29) is 31.1 Å². The minimum atomic E-state index is -0.516. The number of carbonyl (C=O) groups is 2. The Kier molecular flexibility index (Phi) is 5.15. The second kappa shape index (κ2) is 6.10. The van der Waals surface area contributed by atoms with Crippen molar-refractivity contribution in [2.45, 2.75) is 46.3 Å². The molecule has 1 aliphatic heterocycles. The molecule has 0 aromatic carbocycles. The summed E-state index contributed by atoms with van der Waals surface area (Å²) in [6, 6.07) is 0. The number of aliphatic hydroxyl groups excluding tert-OH is 1. The fraction of sp³-hybridized carbons (Fsp3) is 0.857. The van der Waals surface area contributed by atoms with E-state index < -0.39 is 11.0 Å². The Bertz CT molecular complexity index is 374. The third kappa shape index (κ3) is 4.76. The van der Waals surface area contributed by atoms with Crippen LogP contribution in [0.2, 0.25) is 0 Å². The fourth-order valence-electron chi connectivity index (χ4n) is 2.11. The van der Waals surface area contributed by atoms with E-state index in [1.165, 1.54) is 0 Å². The molecule has 1 unspecified atom stereocenters. The summed E-state index contributed by atoms with van der Waals surface area (Å²) in [5.74, 6) is -0.311. The van der Waals surface area contributed by atoms with Gasteiger partial charge in [-0.05, 0) is 13.8 Å². The van der Waals surface area contributed by atoms with Crippen LogP contribution in [0.3, 0.4) is 0 Å². The van der Waals surface area contributed by atoms with Crippen molar-refractivity contribution < 1.29 is 19.4 Å². The molecule has 2 N–H and O–H groups in total. The molecule has 0 radical (unpaired) electrons. The summed E-state index contributed by atoms with van der Waals surface area (Å²) in [5.41, 5.74) is -1.01. The van der Waals surface area contributed by atoms with Gasteiger partial charge in [-0.25, -0.2) is 0 Å². The second-order valence-electron chi connectivity index (χ2n) is 6.89. The van der Waals surface area contributed by atoms with Crippen LogP contribution in [0.4, 0.5) is 0 Å². The molecular weight excluding hydrogens is 260 g/mol. The van der Waals surface area contributed by atoms with E-state index in [1.807, 2.05) is 13.8 Å². The molecule has 20 heavy (non-hydrogen) atoms. The summed E-state index contributed by atoms with van der Waals surface area (Å²) in [5, 5.41) is 11.9. The Morgan fingerprint density at radius 3 is 2.50 bits per heavy atom. The van der Waals surface area contributed by atoms with Gasteiger partial charge in [0.15, 0.2) is 0 Å². The van der Waals surface area contributed by atoms with Crippen LogP contribution in [0.25, 0.3) is 0 Å². The van der Waals surface area contributed by atoms with Crippen LogP contribution < -0.4 is 5.32 Å². The highest BCUT2D eigenvalue weighted by molar-refractivity contribution is 5.87. The van der Waals surface area contributed by atoms with Gasteiger partial charge in [0.05, 0.1) is 24.9 Å². The number of amides is 2. The third-order valence-corrected chi connectivity index (χ3v) is 3.12. The first kappa shape index (κ1) is 16.9. The molecule has 1 atom stereocenters. The highest BCUT2D eigenvalue weighted by Gasteiger charge is 2.35. The third-order valence-electron chi connectivity index (χ3n) is 3.12. The quantitative estimate of drug-likeness (QED) is 0.774. The Morgan fingerprint density at radius 1 is 1.40 bits per heavy atom. The lowest BCUT2D eigenvalue weighted by molar-refractivity contribution is -0.166. The van der Waals surface area contributed by atoms with E-state index in [4.69, 9.17) is 4.74 Å². The van der Waals surface area contributed by atoms with Crippen molar-refractivity contribution in [1.82, 2.24) is 10.2 Å². The molecule has 1 saturated heterocycles. The van der Waals surface area contributed by atoms with Crippen LogP contribution in [-0.4, -0.2) is 59.8 Å². The van der Waals surface area contributed by atoms with Crippen LogP contribution in [0.15, 0.2) is 0 Å². The summed E-state index contributed by atoms with van der Waals surface area (Å²) in [6.07, 6.45) is -0.374. The van der Waals surface area contributed by atoms with Gasteiger partial charge in [0, 0.05) is 18.5 Å². The Morgan fingerprint density at radius 2 is 2.00 bits per heavy atom. The van der Waals surface area contributed by atoms with Crippen molar-refractivity contribution >= 4 is 11.8 Å². The zero-order chi connectivity index (χ0) is 15.6. The Balaban J connectivity index is 2.56. The smallest absolute Gasteiger partial charge is 0.242 e. The molecule has 1 aliphatic rings. The highest BCUT2D eigenvalue weighted by atomic mass is 16.5. The van der Waals surface area contributed by atoms with E-state index in [2.05, 4.69) is 5.32 Å². The molecule has 6 nitrogen and oxygen atoms in total. The number of aliphatic hydroxyl groups is 1.